The molecule has 3 heteroatoms. The third-order valence-electron chi connectivity index (χ3n) is 4.77. The molecular weight excluding hydrogens is 260 g/mol. The van der Waals surface area contributed by atoms with Crippen LogP contribution in [0.4, 0.5) is 5.69 Å². The van der Waals surface area contributed by atoms with Gasteiger partial charge in [0.05, 0.1) is 0 Å². The van der Waals surface area contributed by atoms with Gasteiger partial charge in [-0.15, -0.1) is 0 Å². The second kappa shape index (κ2) is 6.50. The summed E-state index contributed by atoms with van der Waals surface area (Å²) >= 11 is 0. The number of benzene rings is 1. The molecule has 2 aromatic rings. The van der Waals surface area contributed by atoms with Gasteiger partial charge in [-0.25, -0.2) is 4.98 Å². The molecule has 2 unspecified atom stereocenters. The zero-order valence-electron chi connectivity index (χ0n) is 13.2. The van der Waals surface area contributed by atoms with Crippen molar-refractivity contribution in [1.82, 2.24) is 4.98 Å². The fraction of sp³-hybridized carbons (Fsp3) is 0.611. The maximum Gasteiger partial charge on any atom is 0.195 e. The normalized spacial score (nSPS) is 23.1. The van der Waals surface area contributed by atoms with Crippen molar-refractivity contribution in [3.8, 4) is 0 Å². The highest BCUT2D eigenvalue weighted by Gasteiger charge is 2.17. The van der Waals surface area contributed by atoms with E-state index in [1.165, 1.54) is 44.2 Å². The first-order valence-electron chi connectivity index (χ1n) is 8.44. The molecule has 1 aromatic heterocycles. The smallest absolute Gasteiger partial charge is 0.195 e. The highest BCUT2D eigenvalue weighted by Crippen LogP contribution is 2.28. The third-order valence-corrected chi connectivity index (χ3v) is 4.77. The fourth-order valence-electron chi connectivity index (χ4n) is 3.38. The van der Waals surface area contributed by atoms with Crippen molar-refractivity contribution in [2.75, 3.05) is 5.32 Å². The van der Waals surface area contributed by atoms with E-state index < -0.39 is 0 Å². The summed E-state index contributed by atoms with van der Waals surface area (Å²) in [6.45, 7) is 4.39. The van der Waals surface area contributed by atoms with Crippen LogP contribution < -0.4 is 5.32 Å². The molecule has 0 spiro atoms. The molecule has 3 nitrogen and oxygen atoms in total. The summed E-state index contributed by atoms with van der Waals surface area (Å²) < 4.78 is 5.67. The second-order valence-electron chi connectivity index (χ2n) is 6.27. The molecule has 1 saturated carbocycles. The number of aryl methyl sites for hydroxylation is 1. The summed E-state index contributed by atoms with van der Waals surface area (Å²) in [5.74, 6) is 1.75. The van der Waals surface area contributed by atoms with Crippen molar-refractivity contribution in [3.63, 3.8) is 0 Å². The van der Waals surface area contributed by atoms with Crippen LogP contribution in [0.15, 0.2) is 22.6 Å². The number of rotatable bonds is 4. The molecule has 0 radical (unpaired) electrons. The van der Waals surface area contributed by atoms with Crippen LogP contribution in [0.25, 0.3) is 11.1 Å². The minimum atomic E-state index is 0.608. The van der Waals surface area contributed by atoms with Crippen LogP contribution >= 0.6 is 0 Å². The van der Waals surface area contributed by atoms with Crippen molar-refractivity contribution in [1.29, 1.82) is 0 Å². The van der Waals surface area contributed by atoms with Gasteiger partial charge in [0.1, 0.15) is 5.52 Å². The predicted octanol–water partition coefficient (Wildman–Crippen LogP) is 5.16. The van der Waals surface area contributed by atoms with Gasteiger partial charge in [0.15, 0.2) is 11.5 Å². The monoisotopic (exact) mass is 286 g/mol. The zero-order valence-corrected chi connectivity index (χ0v) is 13.2. The Kier molecular flexibility index (Phi) is 4.47. The number of nitrogens with zero attached hydrogens (tertiary/aromatic N) is 1. The molecule has 0 amide bonds. The number of hydrogen-bond donors (Lipinski definition) is 1. The number of oxazole rings is 1. The lowest BCUT2D eigenvalue weighted by molar-refractivity contribution is 0.444. The molecule has 2 atom stereocenters. The minimum absolute atomic E-state index is 0.608. The molecular formula is C18H26N2O. The van der Waals surface area contributed by atoms with Gasteiger partial charge in [-0.05, 0) is 43.4 Å². The van der Waals surface area contributed by atoms with E-state index in [0.717, 1.165) is 29.3 Å². The van der Waals surface area contributed by atoms with Gasteiger partial charge in [-0.1, -0.05) is 33.1 Å². The molecule has 1 fully saturated rings. The Morgan fingerprint density at radius 2 is 2.10 bits per heavy atom. The molecule has 3 rings (SSSR count). The van der Waals surface area contributed by atoms with Crippen molar-refractivity contribution < 1.29 is 4.42 Å². The topological polar surface area (TPSA) is 38.1 Å². The van der Waals surface area contributed by atoms with Crippen molar-refractivity contribution in [2.24, 2.45) is 5.92 Å². The number of anilines is 1. The lowest BCUT2D eigenvalue weighted by atomic mass is 9.98. The van der Waals surface area contributed by atoms with Gasteiger partial charge < -0.3 is 9.73 Å². The van der Waals surface area contributed by atoms with Gasteiger partial charge in [-0.2, -0.15) is 0 Å². The Bertz CT molecular complexity index is 590. The van der Waals surface area contributed by atoms with Crippen LogP contribution in [0.2, 0.25) is 0 Å². The predicted molar refractivity (Wildman–Crippen MR) is 87.7 cm³/mol. The van der Waals surface area contributed by atoms with E-state index in [2.05, 4.69) is 36.3 Å². The second-order valence-corrected chi connectivity index (χ2v) is 6.27. The average Bonchev–Trinajstić information content (AvgIpc) is 2.78. The maximum absolute atomic E-state index is 5.67. The molecule has 0 aliphatic heterocycles. The average molecular weight is 286 g/mol. The fourth-order valence-corrected chi connectivity index (χ4v) is 3.38. The number of hydrogen-bond acceptors (Lipinski definition) is 3. The highest BCUT2D eigenvalue weighted by molar-refractivity contribution is 5.77. The highest BCUT2D eigenvalue weighted by atomic mass is 16.3. The van der Waals surface area contributed by atoms with E-state index in [4.69, 9.17) is 4.42 Å². The lowest BCUT2D eigenvalue weighted by Gasteiger charge is -2.18. The van der Waals surface area contributed by atoms with Crippen molar-refractivity contribution in [3.05, 3.63) is 24.1 Å². The largest absolute Gasteiger partial charge is 0.441 e. The number of nitrogens with one attached hydrogen (secondary N) is 1. The van der Waals surface area contributed by atoms with Gasteiger partial charge in [-0.3, -0.25) is 0 Å². The van der Waals surface area contributed by atoms with E-state index in [1.54, 1.807) is 0 Å². The molecule has 0 bridgehead atoms. The molecule has 1 heterocycles. The summed E-state index contributed by atoms with van der Waals surface area (Å²) in [5.41, 5.74) is 3.04. The maximum atomic E-state index is 5.67. The molecule has 0 saturated heterocycles. The standard InChI is InChI=1S/C18H26N2O/c1-3-13-6-5-7-14(9-8-13)19-15-10-11-17-16(12-15)20-18(4-2)21-17/h10-14,19H,3-9H2,1-2H3. The molecule has 1 aliphatic carbocycles. The third kappa shape index (κ3) is 3.39. The van der Waals surface area contributed by atoms with Crippen LogP contribution in [-0.2, 0) is 6.42 Å². The number of aromatic nitrogens is 1. The summed E-state index contributed by atoms with van der Waals surface area (Å²) in [6.07, 6.45) is 8.86. The summed E-state index contributed by atoms with van der Waals surface area (Å²) in [7, 11) is 0. The van der Waals surface area contributed by atoms with Gasteiger partial charge in [0, 0.05) is 18.2 Å². The Morgan fingerprint density at radius 1 is 1.19 bits per heavy atom. The molecule has 1 aliphatic rings. The first kappa shape index (κ1) is 14.4. The Hall–Kier alpha value is -1.51. The first-order valence-corrected chi connectivity index (χ1v) is 8.44. The van der Waals surface area contributed by atoms with Crippen molar-refractivity contribution in [2.45, 2.75) is 64.8 Å². The van der Waals surface area contributed by atoms with Crippen LogP contribution in [0.1, 0.15) is 58.3 Å². The van der Waals surface area contributed by atoms with E-state index >= 15 is 0 Å². The summed E-state index contributed by atoms with van der Waals surface area (Å²) in [5, 5.41) is 3.70. The van der Waals surface area contributed by atoms with Crippen molar-refractivity contribution >= 4 is 16.8 Å². The van der Waals surface area contributed by atoms with Crippen LogP contribution in [-0.4, -0.2) is 11.0 Å². The van der Waals surface area contributed by atoms with E-state index in [0.29, 0.717) is 6.04 Å². The lowest BCUT2D eigenvalue weighted by Crippen LogP contribution is -2.18. The van der Waals surface area contributed by atoms with E-state index in [9.17, 15) is 0 Å². The van der Waals surface area contributed by atoms with Crippen LogP contribution in [0.5, 0.6) is 0 Å². The Morgan fingerprint density at radius 3 is 2.90 bits per heavy atom. The Balaban J connectivity index is 1.69. The molecule has 114 valence electrons. The SMILES string of the molecule is CCc1nc2cc(NC3CCCC(CC)CC3)ccc2o1. The zero-order chi connectivity index (χ0) is 14.7. The first-order chi connectivity index (χ1) is 10.3. The van der Waals surface area contributed by atoms with Crippen LogP contribution in [0, 0.1) is 5.92 Å². The van der Waals surface area contributed by atoms with Gasteiger partial charge in [0.25, 0.3) is 0 Å². The minimum Gasteiger partial charge on any atom is -0.441 e. The van der Waals surface area contributed by atoms with Gasteiger partial charge >= 0.3 is 0 Å². The van der Waals surface area contributed by atoms with Gasteiger partial charge in [0.2, 0.25) is 0 Å². The Labute approximate surface area is 127 Å². The quantitative estimate of drug-likeness (QED) is 0.789. The number of fused-ring (bicyclic) bond motifs is 1. The molecule has 1 aromatic carbocycles. The molecule has 1 N–H and O–H groups in total. The summed E-state index contributed by atoms with van der Waals surface area (Å²) in [6, 6.07) is 6.89. The molecule has 21 heavy (non-hydrogen) atoms. The van der Waals surface area contributed by atoms with Crippen LogP contribution in [0.3, 0.4) is 0 Å². The van der Waals surface area contributed by atoms with E-state index in [1.807, 2.05) is 6.07 Å². The summed E-state index contributed by atoms with van der Waals surface area (Å²) in [4.78, 5) is 4.52. The van der Waals surface area contributed by atoms with E-state index in [-0.39, 0.29) is 0 Å².